The minimum atomic E-state index is 0.176. The lowest BCUT2D eigenvalue weighted by Crippen LogP contribution is -2.18. The number of rotatable bonds is 7. The molecular formula is C15H25NO. The average molecular weight is 235 g/mol. The lowest BCUT2D eigenvalue weighted by molar-refractivity contribution is 0.407. The van der Waals surface area contributed by atoms with E-state index >= 15 is 0 Å². The standard InChI is InChI=1S/C15H25NO/c1-4-5-6-7-13-8-9-14(10-12(2)16)15(11-13)17-3/h8-9,11-12H,4-7,10,16H2,1-3H3. The SMILES string of the molecule is CCCCCc1ccc(CC(C)N)c(OC)c1. The summed E-state index contributed by atoms with van der Waals surface area (Å²) >= 11 is 0. The van der Waals surface area contributed by atoms with Gasteiger partial charge in [0, 0.05) is 6.04 Å². The van der Waals surface area contributed by atoms with Crippen LogP contribution in [-0.2, 0) is 12.8 Å². The van der Waals surface area contributed by atoms with Crippen molar-refractivity contribution in [2.75, 3.05) is 7.11 Å². The molecule has 2 nitrogen and oxygen atoms in total. The van der Waals surface area contributed by atoms with Crippen LogP contribution in [0, 0.1) is 0 Å². The number of hydrogen-bond acceptors (Lipinski definition) is 2. The summed E-state index contributed by atoms with van der Waals surface area (Å²) in [6.45, 7) is 4.25. The third kappa shape index (κ3) is 4.78. The highest BCUT2D eigenvalue weighted by Crippen LogP contribution is 2.22. The molecule has 0 aliphatic rings. The normalized spacial score (nSPS) is 12.5. The third-order valence-electron chi connectivity index (χ3n) is 2.96. The van der Waals surface area contributed by atoms with Crippen LogP contribution < -0.4 is 10.5 Å². The molecule has 0 aliphatic heterocycles. The Kier molecular flexibility index (Phi) is 6.06. The Morgan fingerprint density at radius 2 is 2.06 bits per heavy atom. The van der Waals surface area contributed by atoms with Crippen LogP contribution >= 0.6 is 0 Å². The quantitative estimate of drug-likeness (QED) is 0.736. The molecule has 0 fully saturated rings. The molecule has 0 spiro atoms. The van der Waals surface area contributed by atoms with E-state index in [0.717, 1.165) is 18.6 Å². The molecule has 1 rings (SSSR count). The summed E-state index contributed by atoms with van der Waals surface area (Å²) < 4.78 is 5.44. The summed E-state index contributed by atoms with van der Waals surface area (Å²) in [5, 5.41) is 0. The first-order valence-electron chi connectivity index (χ1n) is 6.58. The van der Waals surface area contributed by atoms with Gasteiger partial charge in [-0.2, -0.15) is 0 Å². The first kappa shape index (κ1) is 14.0. The van der Waals surface area contributed by atoms with Gasteiger partial charge in [-0.25, -0.2) is 0 Å². The molecule has 0 radical (unpaired) electrons. The van der Waals surface area contributed by atoms with E-state index in [4.69, 9.17) is 10.5 Å². The van der Waals surface area contributed by atoms with Crippen LogP contribution in [0.4, 0.5) is 0 Å². The molecule has 1 atom stereocenters. The smallest absolute Gasteiger partial charge is 0.122 e. The predicted molar refractivity (Wildman–Crippen MR) is 73.6 cm³/mol. The summed E-state index contributed by atoms with van der Waals surface area (Å²) in [4.78, 5) is 0. The van der Waals surface area contributed by atoms with Gasteiger partial charge in [-0.15, -0.1) is 0 Å². The van der Waals surface area contributed by atoms with Gasteiger partial charge in [-0.3, -0.25) is 0 Å². The molecule has 1 aromatic carbocycles. The number of unbranched alkanes of at least 4 members (excludes halogenated alkanes) is 2. The van der Waals surface area contributed by atoms with Gasteiger partial charge in [0.15, 0.2) is 0 Å². The van der Waals surface area contributed by atoms with Crippen molar-refractivity contribution in [2.45, 2.75) is 52.0 Å². The molecule has 0 heterocycles. The highest BCUT2D eigenvalue weighted by molar-refractivity contribution is 5.38. The van der Waals surface area contributed by atoms with Gasteiger partial charge in [-0.05, 0) is 43.4 Å². The molecule has 0 aliphatic carbocycles. The Labute approximate surface area is 105 Å². The number of benzene rings is 1. The molecule has 0 saturated carbocycles. The highest BCUT2D eigenvalue weighted by Gasteiger charge is 2.06. The van der Waals surface area contributed by atoms with Crippen LogP contribution in [0.5, 0.6) is 5.75 Å². The average Bonchev–Trinajstić information content (AvgIpc) is 2.30. The summed E-state index contributed by atoms with van der Waals surface area (Å²) in [5.41, 5.74) is 8.40. The summed E-state index contributed by atoms with van der Waals surface area (Å²) in [7, 11) is 1.73. The Morgan fingerprint density at radius 3 is 2.65 bits per heavy atom. The van der Waals surface area contributed by atoms with Crippen LogP contribution in [0.1, 0.15) is 44.2 Å². The Hall–Kier alpha value is -1.02. The summed E-state index contributed by atoms with van der Waals surface area (Å²) in [6.07, 6.45) is 5.83. The van der Waals surface area contributed by atoms with Gasteiger partial charge in [0.2, 0.25) is 0 Å². The zero-order chi connectivity index (χ0) is 12.7. The lowest BCUT2D eigenvalue weighted by Gasteiger charge is -2.12. The first-order valence-corrected chi connectivity index (χ1v) is 6.58. The van der Waals surface area contributed by atoms with Crippen LogP contribution in [-0.4, -0.2) is 13.2 Å². The molecule has 96 valence electrons. The second kappa shape index (κ2) is 7.33. The summed E-state index contributed by atoms with van der Waals surface area (Å²) in [6, 6.07) is 6.70. The van der Waals surface area contributed by atoms with Gasteiger partial charge in [0.05, 0.1) is 7.11 Å². The fourth-order valence-electron chi connectivity index (χ4n) is 2.04. The minimum absolute atomic E-state index is 0.176. The summed E-state index contributed by atoms with van der Waals surface area (Å²) in [5.74, 6) is 0.983. The first-order chi connectivity index (χ1) is 8.17. The van der Waals surface area contributed by atoms with Crippen molar-refractivity contribution in [3.05, 3.63) is 29.3 Å². The molecule has 0 aromatic heterocycles. The second-order valence-corrected chi connectivity index (χ2v) is 4.78. The van der Waals surface area contributed by atoms with Crippen molar-refractivity contribution in [1.29, 1.82) is 0 Å². The van der Waals surface area contributed by atoms with Crippen molar-refractivity contribution in [3.8, 4) is 5.75 Å². The Balaban J connectivity index is 2.70. The topological polar surface area (TPSA) is 35.2 Å². The molecular weight excluding hydrogens is 210 g/mol. The predicted octanol–water partition coefficient (Wildman–Crippen LogP) is 3.32. The van der Waals surface area contributed by atoms with E-state index in [1.165, 1.54) is 30.4 Å². The van der Waals surface area contributed by atoms with Crippen LogP contribution in [0.15, 0.2) is 18.2 Å². The Morgan fingerprint density at radius 1 is 1.29 bits per heavy atom. The number of methoxy groups -OCH3 is 1. The van der Waals surface area contributed by atoms with Gasteiger partial charge in [-0.1, -0.05) is 31.9 Å². The van der Waals surface area contributed by atoms with E-state index in [9.17, 15) is 0 Å². The van der Waals surface area contributed by atoms with E-state index in [2.05, 4.69) is 25.1 Å². The molecule has 2 heteroatoms. The zero-order valence-corrected chi connectivity index (χ0v) is 11.3. The molecule has 0 bridgehead atoms. The van der Waals surface area contributed by atoms with Gasteiger partial charge in [0.1, 0.15) is 5.75 Å². The second-order valence-electron chi connectivity index (χ2n) is 4.78. The minimum Gasteiger partial charge on any atom is -0.496 e. The van der Waals surface area contributed by atoms with Crippen LogP contribution in [0.2, 0.25) is 0 Å². The number of hydrogen-bond donors (Lipinski definition) is 1. The zero-order valence-electron chi connectivity index (χ0n) is 11.3. The Bertz CT molecular complexity index is 334. The van der Waals surface area contributed by atoms with Crippen molar-refractivity contribution >= 4 is 0 Å². The molecule has 2 N–H and O–H groups in total. The van der Waals surface area contributed by atoms with Crippen molar-refractivity contribution < 1.29 is 4.74 Å². The fraction of sp³-hybridized carbons (Fsp3) is 0.600. The molecule has 17 heavy (non-hydrogen) atoms. The van der Waals surface area contributed by atoms with Crippen LogP contribution in [0.3, 0.4) is 0 Å². The van der Waals surface area contributed by atoms with Crippen molar-refractivity contribution in [2.24, 2.45) is 5.73 Å². The molecule has 0 saturated heterocycles. The lowest BCUT2D eigenvalue weighted by atomic mass is 10.0. The van der Waals surface area contributed by atoms with Gasteiger partial charge in [0.25, 0.3) is 0 Å². The molecule has 1 aromatic rings. The van der Waals surface area contributed by atoms with E-state index in [1.54, 1.807) is 7.11 Å². The highest BCUT2D eigenvalue weighted by atomic mass is 16.5. The van der Waals surface area contributed by atoms with E-state index in [1.807, 2.05) is 6.92 Å². The molecule has 0 amide bonds. The maximum Gasteiger partial charge on any atom is 0.122 e. The van der Waals surface area contributed by atoms with E-state index < -0.39 is 0 Å². The maximum absolute atomic E-state index is 5.83. The largest absolute Gasteiger partial charge is 0.496 e. The van der Waals surface area contributed by atoms with E-state index in [-0.39, 0.29) is 6.04 Å². The van der Waals surface area contributed by atoms with Gasteiger partial charge < -0.3 is 10.5 Å². The van der Waals surface area contributed by atoms with Crippen LogP contribution in [0.25, 0.3) is 0 Å². The molecule has 1 unspecified atom stereocenters. The van der Waals surface area contributed by atoms with Crippen molar-refractivity contribution in [1.82, 2.24) is 0 Å². The van der Waals surface area contributed by atoms with E-state index in [0.29, 0.717) is 0 Å². The third-order valence-corrected chi connectivity index (χ3v) is 2.96. The van der Waals surface area contributed by atoms with Gasteiger partial charge >= 0.3 is 0 Å². The maximum atomic E-state index is 5.83. The van der Waals surface area contributed by atoms with Crippen molar-refractivity contribution in [3.63, 3.8) is 0 Å². The monoisotopic (exact) mass is 235 g/mol. The number of aryl methyl sites for hydroxylation is 1. The number of nitrogens with two attached hydrogens (primary N) is 1. The fourth-order valence-corrected chi connectivity index (χ4v) is 2.04. The number of ether oxygens (including phenoxy) is 1.